The third-order valence-electron chi connectivity index (χ3n) is 2.23. The van der Waals surface area contributed by atoms with Gasteiger partial charge in [0.25, 0.3) is 5.92 Å². The van der Waals surface area contributed by atoms with Crippen molar-refractivity contribution >= 4 is 5.69 Å². The molecular weight excluding hydrogens is 198 g/mol. The molecule has 0 unspecified atom stereocenters. The fraction of sp³-hybridized carbons (Fsp3) is 0.455. The minimum absolute atomic E-state index is 0.0770. The Balaban J connectivity index is 2.81. The van der Waals surface area contributed by atoms with E-state index in [1.807, 2.05) is 0 Å². The SMILES string of the molecule is CN(C)CCC(F)(F)c1ccccc1N. The van der Waals surface area contributed by atoms with Gasteiger partial charge >= 0.3 is 0 Å². The summed E-state index contributed by atoms with van der Waals surface area (Å²) in [5, 5.41) is 0. The Morgan fingerprint density at radius 1 is 1.27 bits per heavy atom. The summed E-state index contributed by atoms with van der Waals surface area (Å²) in [6, 6.07) is 6.11. The molecule has 2 N–H and O–H groups in total. The topological polar surface area (TPSA) is 29.3 Å². The lowest BCUT2D eigenvalue weighted by molar-refractivity contribution is -0.0180. The lowest BCUT2D eigenvalue weighted by Gasteiger charge is -2.20. The molecule has 0 amide bonds. The molecule has 15 heavy (non-hydrogen) atoms. The monoisotopic (exact) mass is 214 g/mol. The van der Waals surface area contributed by atoms with Crippen LogP contribution in [0.25, 0.3) is 0 Å². The molecule has 0 saturated carbocycles. The molecule has 0 fully saturated rings. The summed E-state index contributed by atoms with van der Waals surface area (Å²) in [6.45, 7) is 0.335. The maximum absolute atomic E-state index is 13.7. The maximum atomic E-state index is 13.7. The van der Waals surface area contributed by atoms with Gasteiger partial charge in [0, 0.05) is 24.2 Å². The molecule has 0 bridgehead atoms. The highest BCUT2D eigenvalue weighted by Gasteiger charge is 2.32. The van der Waals surface area contributed by atoms with Crippen LogP contribution in [0.5, 0.6) is 0 Å². The second kappa shape index (κ2) is 4.57. The lowest BCUT2D eigenvalue weighted by atomic mass is 10.0. The van der Waals surface area contributed by atoms with Crippen LogP contribution >= 0.6 is 0 Å². The molecule has 0 atom stereocenters. The highest BCUT2D eigenvalue weighted by Crippen LogP contribution is 2.34. The van der Waals surface area contributed by atoms with Gasteiger partial charge in [-0.25, -0.2) is 8.78 Å². The van der Waals surface area contributed by atoms with E-state index in [1.165, 1.54) is 12.1 Å². The highest BCUT2D eigenvalue weighted by atomic mass is 19.3. The van der Waals surface area contributed by atoms with Gasteiger partial charge in [-0.3, -0.25) is 0 Å². The van der Waals surface area contributed by atoms with Gasteiger partial charge < -0.3 is 10.6 Å². The summed E-state index contributed by atoms with van der Waals surface area (Å²) in [6.07, 6.45) is -0.214. The summed E-state index contributed by atoms with van der Waals surface area (Å²) >= 11 is 0. The van der Waals surface area contributed by atoms with Crippen molar-refractivity contribution in [2.24, 2.45) is 0 Å². The van der Waals surface area contributed by atoms with Gasteiger partial charge in [0.1, 0.15) is 0 Å². The number of alkyl halides is 2. The van der Waals surface area contributed by atoms with Crippen LogP contribution in [0.2, 0.25) is 0 Å². The van der Waals surface area contributed by atoms with Crippen LogP contribution < -0.4 is 5.73 Å². The molecule has 0 aromatic heterocycles. The fourth-order valence-electron chi connectivity index (χ4n) is 1.33. The van der Waals surface area contributed by atoms with Gasteiger partial charge in [-0.2, -0.15) is 0 Å². The van der Waals surface area contributed by atoms with E-state index >= 15 is 0 Å². The molecule has 1 aromatic rings. The predicted octanol–water partition coefficient (Wildman–Crippen LogP) is 2.31. The third-order valence-corrected chi connectivity index (χ3v) is 2.23. The van der Waals surface area contributed by atoms with Crippen molar-refractivity contribution in [3.63, 3.8) is 0 Å². The second-order valence-electron chi connectivity index (χ2n) is 3.84. The number of benzene rings is 1. The minimum atomic E-state index is -2.85. The number of para-hydroxylation sites is 1. The van der Waals surface area contributed by atoms with E-state index in [4.69, 9.17) is 5.73 Å². The van der Waals surface area contributed by atoms with Gasteiger partial charge in [-0.15, -0.1) is 0 Å². The zero-order chi connectivity index (χ0) is 11.5. The van der Waals surface area contributed by atoms with E-state index in [2.05, 4.69) is 0 Å². The van der Waals surface area contributed by atoms with Crippen LogP contribution in [-0.2, 0) is 5.92 Å². The number of nitrogens with two attached hydrogens (primary N) is 1. The van der Waals surface area contributed by atoms with E-state index in [9.17, 15) is 8.78 Å². The fourth-order valence-corrected chi connectivity index (χ4v) is 1.33. The van der Waals surface area contributed by atoms with Crippen molar-refractivity contribution in [1.82, 2.24) is 4.90 Å². The van der Waals surface area contributed by atoms with Gasteiger partial charge in [0.2, 0.25) is 0 Å². The van der Waals surface area contributed by atoms with Crippen LogP contribution in [0, 0.1) is 0 Å². The van der Waals surface area contributed by atoms with Crippen molar-refractivity contribution < 1.29 is 8.78 Å². The Morgan fingerprint density at radius 2 is 1.87 bits per heavy atom. The molecule has 0 aliphatic carbocycles. The van der Waals surface area contributed by atoms with E-state index in [0.29, 0.717) is 6.54 Å². The minimum Gasteiger partial charge on any atom is -0.398 e. The molecule has 1 rings (SSSR count). The molecule has 0 saturated heterocycles. The Bertz CT molecular complexity index is 324. The lowest BCUT2D eigenvalue weighted by Crippen LogP contribution is -2.23. The van der Waals surface area contributed by atoms with Crippen LogP contribution in [-0.4, -0.2) is 25.5 Å². The van der Waals surface area contributed by atoms with E-state index < -0.39 is 5.92 Å². The summed E-state index contributed by atoms with van der Waals surface area (Å²) in [4.78, 5) is 1.73. The first-order valence-corrected chi connectivity index (χ1v) is 4.81. The smallest absolute Gasteiger partial charge is 0.276 e. The van der Waals surface area contributed by atoms with Crippen LogP contribution in [0.15, 0.2) is 24.3 Å². The molecule has 84 valence electrons. The Morgan fingerprint density at radius 3 is 2.40 bits per heavy atom. The normalized spacial score (nSPS) is 12.1. The van der Waals surface area contributed by atoms with Crippen LogP contribution in [0.4, 0.5) is 14.5 Å². The number of hydrogen-bond donors (Lipinski definition) is 1. The van der Waals surface area contributed by atoms with Crippen LogP contribution in [0.3, 0.4) is 0 Å². The zero-order valence-electron chi connectivity index (χ0n) is 9.00. The number of nitrogens with zero attached hydrogens (tertiary/aromatic N) is 1. The molecule has 0 radical (unpaired) electrons. The summed E-state index contributed by atoms with van der Waals surface area (Å²) < 4.78 is 27.3. The summed E-state index contributed by atoms with van der Waals surface area (Å²) in [5.41, 5.74) is 5.60. The van der Waals surface area contributed by atoms with E-state index in [0.717, 1.165) is 0 Å². The van der Waals surface area contributed by atoms with Crippen LogP contribution in [0.1, 0.15) is 12.0 Å². The summed E-state index contributed by atoms with van der Waals surface area (Å²) in [5.74, 6) is -2.85. The summed E-state index contributed by atoms with van der Waals surface area (Å²) in [7, 11) is 3.54. The first-order chi connectivity index (χ1) is 6.93. The average Bonchev–Trinajstić information content (AvgIpc) is 2.15. The number of hydrogen-bond acceptors (Lipinski definition) is 2. The first kappa shape index (κ1) is 11.9. The van der Waals surface area contributed by atoms with Gasteiger partial charge in [0.15, 0.2) is 0 Å². The van der Waals surface area contributed by atoms with E-state index in [-0.39, 0.29) is 17.7 Å². The van der Waals surface area contributed by atoms with Gasteiger partial charge in [-0.05, 0) is 20.2 Å². The average molecular weight is 214 g/mol. The molecule has 0 aliphatic rings. The zero-order valence-corrected chi connectivity index (χ0v) is 9.00. The van der Waals surface area contributed by atoms with Crippen molar-refractivity contribution in [3.05, 3.63) is 29.8 Å². The third kappa shape index (κ3) is 3.16. The molecule has 4 heteroatoms. The molecule has 2 nitrogen and oxygen atoms in total. The van der Waals surface area contributed by atoms with Crippen molar-refractivity contribution in [2.75, 3.05) is 26.4 Å². The maximum Gasteiger partial charge on any atom is 0.276 e. The standard InChI is InChI=1S/C11H16F2N2/c1-15(2)8-7-11(12,13)9-5-3-4-6-10(9)14/h3-6H,7-8,14H2,1-2H3. The Hall–Kier alpha value is -1.16. The molecular formula is C11H16F2N2. The molecule has 0 aliphatic heterocycles. The Kier molecular flexibility index (Phi) is 3.63. The molecule has 0 heterocycles. The predicted molar refractivity (Wildman–Crippen MR) is 57.9 cm³/mol. The van der Waals surface area contributed by atoms with E-state index in [1.54, 1.807) is 31.1 Å². The number of rotatable bonds is 4. The number of anilines is 1. The van der Waals surface area contributed by atoms with Crippen molar-refractivity contribution in [2.45, 2.75) is 12.3 Å². The van der Waals surface area contributed by atoms with Gasteiger partial charge in [0.05, 0.1) is 0 Å². The van der Waals surface area contributed by atoms with Gasteiger partial charge in [-0.1, -0.05) is 18.2 Å². The molecule has 0 spiro atoms. The Labute approximate surface area is 88.7 Å². The highest BCUT2D eigenvalue weighted by molar-refractivity contribution is 5.48. The van der Waals surface area contributed by atoms with Crippen molar-refractivity contribution in [1.29, 1.82) is 0 Å². The number of halogens is 2. The largest absolute Gasteiger partial charge is 0.398 e. The number of nitrogen functional groups attached to an aromatic ring is 1. The molecule has 1 aromatic carbocycles. The second-order valence-corrected chi connectivity index (χ2v) is 3.84. The quantitative estimate of drug-likeness (QED) is 0.779. The van der Waals surface area contributed by atoms with Crippen molar-refractivity contribution in [3.8, 4) is 0 Å². The first-order valence-electron chi connectivity index (χ1n) is 4.81.